The van der Waals surface area contributed by atoms with E-state index in [9.17, 15) is 5.21 Å². The predicted molar refractivity (Wildman–Crippen MR) is 127 cm³/mol. The first-order valence-corrected chi connectivity index (χ1v) is 11.1. The van der Waals surface area contributed by atoms with Gasteiger partial charge in [0, 0.05) is 13.7 Å². The second-order valence-electron chi connectivity index (χ2n) is 7.76. The van der Waals surface area contributed by atoms with Gasteiger partial charge in [-0.2, -0.15) is 5.06 Å². The van der Waals surface area contributed by atoms with Gasteiger partial charge in [-0.15, -0.1) is 0 Å². The van der Waals surface area contributed by atoms with Crippen molar-refractivity contribution in [2.24, 2.45) is 0 Å². The fourth-order valence-corrected chi connectivity index (χ4v) is 3.44. The van der Waals surface area contributed by atoms with Crippen molar-refractivity contribution >= 4 is 0 Å². The molecule has 2 atom stereocenters. The molecule has 0 aromatic heterocycles. The Balaban J connectivity index is 1.70. The molecule has 0 radical (unpaired) electrons. The van der Waals surface area contributed by atoms with Crippen LogP contribution in [0.3, 0.4) is 0 Å². The van der Waals surface area contributed by atoms with Crippen molar-refractivity contribution in [3.05, 3.63) is 108 Å². The number of rotatable bonds is 15. The Hall–Kier alpha value is -2.58. The van der Waals surface area contributed by atoms with Crippen molar-refractivity contribution in [3.8, 4) is 0 Å². The molecule has 3 aromatic rings. The molecule has 0 aliphatic heterocycles. The maximum atomic E-state index is 11.0. The molecule has 0 bridgehead atoms. The molecule has 6 heteroatoms. The van der Waals surface area contributed by atoms with Crippen molar-refractivity contribution < 1.29 is 24.2 Å². The molecule has 0 saturated carbocycles. The molecule has 0 heterocycles. The summed E-state index contributed by atoms with van der Waals surface area (Å²) in [6, 6.07) is 29.3. The lowest BCUT2D eigenvalue weighted by Gasteiger charge is -2.33. The van der Waals surface area contributed by atoms with Crippen molar-refractivity contribution in [2.45, 2.75) is 31.9 Å². The number of methoxy groups -OCH3 is 1. The SMILES string of the molecule is COCOC[C@@H]([C@@H](COCc1ccccc1)OCc1ccccc1)N(O)Cc1ccccc1. The molecule has 33 heavy (non-hydrogen) atoms. The smallest absolute Gasteiger partial charge is 0.146 e. The lowest BCUT2D eigenvalue weighted by atomic mass is 10.1. The number of hydrogen-bond acceptors (Lipinski definition) is 6. The Morgan fingerprint density at radius 3 is 1.82 bits per heavy atom. The topological polar surface area (TPSA) is 60.4 Å². The van der Waals surface area contributed by atoms with E-state index < -0.39 is 12.1 Å². The highest BCUT2D eigenvalue weighted by molar-refractivity contribution is 5.15. The molecular formula is C27H33NO5. The quantitative estimate of drug-likeness (QED) is 0.206. The number of ether oxygens (including phenoxy) is 4. The van der Waals surface area contributed by atoms with Crippen LogP contribution in [0.4, 0.5) is 0 Å². The summed E-state index contributed by atoms with van der Waals surface area (Å²) in [5.74, 6) is 0. The maximum Gasteiger partial charge on any atom is 0.146 e. The van der Waals surface area contributed by atoms with E-state index in [0.29, 0.717) is 26.4 Å². The molecule has 0 spiro atoms. The third-order valence-electron chi connectivity index (χ3n) is 5.19. The van der Waals surface area contributed by atoms with E-state index in [-0.39, 0.29) is 13.4 Å². The molecule has 0 unspecified atom stereocenters. The van der Waals surface area contributed by atoms with Crippen molar-refractivity contribution in [1.29, 1.82) is 0 Å². The Bertz CT molecular complexity index is 879. The van der Waals surface area contributed by atoms with E-state index in [0.717, 1.165) is 16.7 Å². The van der Waals surface area contributed by atoms with Crippen molar-refractivity contribution in [3.63, 3.8) is 0 Å². The second kappa shape index (κ2) is 14.5. The number of benzene rings is 3. The molecule has 1 N–H and O–H groups in total. The summed E-state index contributed by atoms with van der Waals surface area (Å²) in [6.45, 7) is 1.86. The van der Waals surface area contributed by atoms with Gasteiger partial charge in [0.05, 0.1) is 32.5 Å². The van der Waals surface area contributed by atoms with Crippen molar-refractivity contribution in [1.82, 2.24) is 5.06 Å². The minimum Gasteiger partial charge on any atom is -0.374 e. The summed E-state index contributed by atoms with van der Waals surface area (Å²) >= 11 is 0. The molecule has 3 rings (SSSR count). The summed E-state index contributed by atoms with van der Waals surface area (Å²) in [4.78, 5) is 0. The zero-order valence-corrected chi connectivity index (χ0v) is 19.1. The van der Waals surface area contributed by atoms with Crippen LogP contribution in [-0.2, 0) is 38.7 Å². The first-order valence-electron chi connectivity index (χ1n) is 11.1. The molecule has 0 saturated heterocycles. The van der Waals surface area contributed by atoms with E-state index in [4.69, 9.17) is 18.9 Å². The molecule has 0 amide bonds. The minimum atomic E-state index is -0.458. The summed E-state index contributed by atoms with van der Waals surface area (Å²) < 4.78 is 23.0. The zero-order chi connectivity index (χ0) is 23.1. The summed E-state index contributed by atoms with van der Waals surface area (Å²) in [6.07, 6.45) is -0.431. The molecule has 0 aliphatic carbocycles. The Kier molecular flexibility index (Phi) is 11.0. The first kappa shape index (κ1) is 25.1. The van der Waals surface area contributed by atoms with Crippen LogP contribution in [-0.4, -0.2) is 49.5 Å². The monoisotopic (exact) mass is 451 g/mol. The Labute approximate surface area is 196 Å². The summed E-state index contributed by atoms with van der Waals surface area (Å²) in [5, 5.41) is 12.3. The molecule has 3 aromatic carbocycles. The summed E-state index contributed by atoms with van der Waals surface area (Å²) in [5.41, 5.74) is 3.12. The van der Waals surface area contributed by atoms with E-state index in [1.807, 2.05) is 91.0 Å². The van der Waals surface area contributed by atoms with Gasteiger partial charge in [-0.3, -0.25) is 0 Å². The zero-order valence-electron chi connectivity index (χ0n) is 19.1. The highest BCUT2D eigenvalue weighted by Gasteiger charge is 2.29. The predicted octanol–water partition coefficient (Wildman–Crippen LogP) is 4.67. The Morgan fingerprint density at radius 2 is 1.24 bits per heavy atom. The van der Waals surface area contributed by atoms with E-state index in [1.54, 1.807) is 7.11 Å². The third kappa shape index (κ3) is 9.06. The van der Waals surface area contributed by atoms with Gasteiger partial charge in [-0.05, 0) is 16.7 Å². The average molecular weight is 452 g/mol. The standard InChI is InChI=1S/C27H33NO5/c1-30-22-32-20-26(28(29)17-23-11-5-2-6-12-23)27(33-19-25-15-9-4-10-16-25)21-31-18-24-13-7-3-8-14-24/h2-16,26-27,29H,17-22H2,1H3/t26-,27+/m0/s1. The van der Waals surface area contributed by atoms with Crippen LogP contribution in [0.25, 0.3) is 0 Å². The van der Waals surface area contributed by atoms with Crippen LogP contribution >= 0.6 is 0 Å². The maximum absolute atomic E-state index is 11.0. The lowest BCUT2D eigenvalue weighted by molar-refractivity contribution is -0.205. The fourth-order valence-electron chi connectivity index (χ4n) is 3.44. The van der Waals surface area contributed by atoms with Crippen LogP contribution in [0.1, 0.15) is 16.7 Å². The van der Waals surface area contributed by atoms with E-state index >= 15 is 0 Å². The van der Waals surface area contributed by atoms with E-state index in [1.165, 1.54) is 5.06 Å². The number of hydrogen-bond donors (Lipinski definition) is 1. The largest absolute Gasteiger partial charge is 0.374 e. The minimum absolute atomic E-state index is 0.131. The number of hydroxylamine groups is 2. The van der Waals surface area contributed by atoms with Crippen LogP contribution in [0.15, 0.2) is 91.0 Å². The van der Waals surface area contributed by atoms with Crippen LogP contribution < -0.4 is 0 Å². The molecule has 0 fully saturated rings. The highest BCUT2D eigenvalue weighted by Crippen LogP contribution is 2.16. The molecule has 176 valence electrons. The van der Waals surface area contributed by atoms with Gasteiger partial charge in [-0.1, -0.05) is 91.0 Å². The average Bonchev–Trinajstić information content (AvgIpc) is 2.86. The van der Waals surface area contributed by atoms with Gasteiger partial charge < -0.3 is 24.2 Å². The third-order valence-corrected chi connectivity index (χ3v) is 5.19. The first-order chi connectivity index (χ1) is 16.3. The van der Waals surface area contributed by atoms with Crippen LogP contribution in [0, 0.1) is 0 Å². The highest BCUT2D eigenvalue weighted by atomic mass is 16.7. The number of nitrogens with zero attached hydrogens (tertiary/aromatic N) is 1. The Morgan fingerprint density at radius 1 is 0.697 bits per heavy atom. The van der Waals surface area contributed by atoms with Gasteiger partial charge in [0.1, 0.15) is 12.9 Å². The lowest BCUT2D eigenvalue weighted by Crippen LogP contribution is -2.48. The molecular weight excluding hydrogens is 418 g/mol. The second-order valence-corrected chi connectivity index (χ2v) is 7.76. The van der Waals surface area contributed by atoms with Gasteiger partial charge in [0.15, 0.2) is 0 Å². The normalized spacial score (nSPS) is 13.2. The molecule has 6 nitrogen and oxygen atoms in total. The van der Waals surface area contributed by atoms with Gasteiger partial charge in [0.25, 0.3) is 0 Å². The summed E-state index contributed by atoms with van der Waals surface area (Å²) in [7, 11) is 1.57. The van der Waals surface area contributed by atoms with E-state index in [2.05, 4.69) is 0 Å². The van der Waals surface area contributed by atoms with Crippen LogP contribution in [0.5, 0.6) is 0 Å². The van der Waals surface area contributed by atoms with Gasteiger partial charge >= 0.3 is 0 Å². The fraction of sp³-hybridized carbons (Fsp3) is 0.333. The van der Waals surface area contributed by atoms with Gasteiger partial charge in [-0.25, -0.2) is 0 Å². The van der Waals surface area contributed by atoms with Gasteiger partial charge in [0.2, 0.25) is 0 Å². The van der Waals surface area contributed by atoms with Crippen molar-refractivity contribution in [2.75, 3.05) is 27.1 Å². The molecule has 0 aliphatic rings. The van der Waals surface area contributed by atoms with Crippen LogP contribution in [0.2, 0.25) is 0 Å².